The molecule has 0 fully saturated rings. The number of hydrogen-bond acceptors (Lipinski definition) is 3. The molecular weight excluding hydrogens is 228 g/mol. The second kappa shape index (κ2) is 5.85. The lowest BCUT2D eigenvalue weighted by Crippen LogP contribution is -2.47. The Hall–Kier alpha value is -0.0900. The van der Waals surface area contributed by atoms with Crippen molar-refractivity contribution in [3.05, 3.63) is 21.3 Å². The second-order valence-electron chi connectivity index (χ2n) is 4.22. The van der Waals surface area contributed by atoms with Crippen LogP contribution in [0.25, 0.3) is 0 Å². The summed E-state index contributed by atoms with van der Waals surface area (Å²) in [7, 11) is 0. The average molecular weight is 247 g/mol. The molecule has 2 N–H and O–H groups in total. The van der Waals surface area contributed by atoms with Crippen molar-refractivity contribution in [3.8, 4) is 0 Å². The van der Waals surface area contributed by atoms with E-state index >= 15 is 0 Å². The third-order valence-electron chi connectivity index (χ3n) is 2.15. The Labute approximate surface area is 101 Å². The largest absolute Gasteiger partial charge is 0.311 e. The zero-order chi connectivity index (χ0) is 11.3. The van der Waals surface area contributed by atoms with Crippen molar-refractivity contribution >= 4 is 22.9 Å². The van der Waals surface area contributed by atoms with E-state index in [2.05, 4.69) is 37.5 Å². The van der Waals surface area contributed by atoms with E-state index in [9.17, 15) is 0 Å². The Kier molecular flexibility index (Phi) is 5.06. The van der Waals surface area contributed by atoms with Crippen molar-refractivity contribution in [1.29, 1.82) is 0 Å². The maximum atomic E-state index is 5.86. The van der Waals surface area contributed by atoms with Gasteiger partial charge in [-0.25, -0.2) is 0 Å². The molecule has 1 heterocycles. The molecule has 0 atom stereocenters. The lowest BCUT2D eigenvalue weighted by molar-refractivity contribution is 0.374. The molecule has 0 aromatic carbocycles. The van der Waals surface area contributed by atoms with Crippen LogP contribution in [-0.2, 0) is 6.54 Å². The van der Waals surface area contributed by atoms with Crippen molar-refractivity contribution in [2.75, 3.05) is 13.1 Å². The highest BCUT2D eigenvalue weighted by molar-refractivity contribution is 7.16. The molecule has 1 rings (SSSR count). The molecule has 0 saturated heterocycles. The molecule has 0 unspecified atom stereocenters. The van der Waals surface area contributed by atoms with Gasteiger partial charge in [0.2, 0.25) is 0 Å². The third kappa shape index (κ3) is 4.98. The minimum atomic E-state index is 0.149. The maximum Gasteiger partial charge on any atom is 0.0931 e. The van der Waals surface area contributed by atoms with Gasteiger partial charge in [0.05, 0.1) is 4.34 Å². The van der Waals surface area contributed by atoms with Gasteiger partial charge in [0.15, 0.2) is 0 Å². The van der Waals surface area contributed by atoms with Crippen LogP contribution in [0.4, 0.5) is 0 Å². The minimum Gasteiger partial charge on any atom is -0.311 e. The quantitative estimate of drug-likeness (QED) is 0.807. The standard InChI is InChI=1S/C11H19ClN2S/c1-4-14-11(2,3)8-13-7-9-5-6-10(12)15-9/h5-6,13-14H,4,7-8H2,1-3H3. The van der Waals surface area contributed by atoms with Gasteiger partial charge < -0.3 is 10.6 Å². The van der Waals surface area contributed by atoms with Crippen LogP contribution < -0.4 is 10.6 Å². The number of nitrogens with one attached hydrogen (secondary N) is 2. The Morgan fingerprint density at radius 1 is 1.40 bits per heavy atom. The van der Waals surface area contributed by atoms with Crippen LogP contribution in [0.2, 0.25) is 4.34 Å². The van der Waals surface area contributed by atoms with Crippen molar-refractivity contribution in [3.63, 3.8) is 0 Å². The summed E-state index contributed by atoms with van der Waals surface area (Å²) in [6, 6.07) is 4.01. The fourth-order valence-corrected chi connectivity index (χ4v) is 2.54. The fraction of sp³-hybridized carbons (Fsp3) is 0.636. The number of likely N-dealkylation sites (N-methyl/N-ethyl adjacent to an activating group) is 1. The summed E-state index contributed by atoms with van der Waals surface area (Å²) in [6.45, 7) is 9.37. The summed E-state index contributed by atoms with van der Waals surface area (Å²) in [5.41, 5.74) is 0.149. The number of rotatable bonds is 6. The molecule has 0 saturated carbocycles. The average Bonchev–Trinajstić information content (AvgIpc) is 2.51. The van der Waals surface area contributed by atoms with E-state index in [4.69, 9.17) is 11.6 Å². The molecule has 2 nitrogen and oxygen atoms in total. The highest BCUT2D eigenvalue weighted by atomic mass is 35.5. The predicted molar refractivity (Wildman–Crippen MR) is 68.8 cm³/mol. The fourth-order valence-electron chi connectivity index (χ4n) is 1.49. The monoisotopic (exact) mass is 246 g/mol. The van der Waals surface area contributed by atoms with E-state index in [-0.39, 0.29) is 5.54 Å². The highest BCUT2D eigenvalue weighted by Gasteiger charge is 2.14. The van der Waals surface area contributed by atoms with Gasteiger partial charge in [-0.2, -0.15) is 0 Å². The molecule has 0 aliphatic rings. The summed E-state index contributed by atoms with van der Waals surface area (Å²) < 4.78 is 0.859. The van der Waals surface area contributed by atoms with Crippen LogP contribution in [-0.4, -0.2) is 18.6 Å². The van der Waals surface area contributed by atoms with E-state index in [1.165, 1.54) is 4.88 Å². The molecule has 1 aromatic rings. The lowest BCUT2D eigenvalue weighted by Gasteiger charge is -2.25. The molecule has 0 spiro atoms. The van der Waals surface area contributed by atoms with Crippen LogP contribution >= 0.6 is 22.9 Å². The Morgan fingerprint density at radius 2 is 2.13 bits per heavy atom. The zero-order valence-electron chi connectivity index (χ0n) is 9.56. The zero-order valence-corrected chi connectivity index (χ0v) is 11.1. The molecule has 0 aliphatic heterocycles. The molecule has 0 bridgehead atoms. The molecule has 0 amide bonds. The van der Waals surface area contributed by atoms with E-state index in [1.54, 1.807) is 11.3 Å². The van der Waals surface area contributed by atoms with Crippen LogP contribution in [0.15, 0.2) is 12.1 Å². The first-order valence-electron chi connectivity index (χ1n) is 5.23. The summed E-state index contributed by atoms with van der Waals surface area (Å²) in [4.78, 5) is 1.28. The van der Waals surface area contributed by atoms with Crippen molar-refractivity contribution in [2.45, 2.75) is 32.9 Å². The minimum absolute atomic E-state index is 0.149. The topological polar surface area (TPSA) is 24.1 Å². The van der Waals surface area contributed by atoms with Crippen molar-refractivity contribution < 1.29 is 0 Å². The van der Waals surface area contributed by atoms with Crippen LogP contribution in [0, 0.1) is 0 Å². The maximum absolute atomic E-state index is 5.86. The number of hydrogen-bond donors (Lipinski definition) is 2. The van der Waals surface area contributed by atoms with Crippen molar-refractivity contribution in [2.24, 2.45) is 0 Å². The Morgan fingerprint density at radius 3 is 2.67 bits per heavy atom. The molecule has 86 valence electrons. The van der Waals surface area contributed by atoms with Gasteiger partial charge in [-0.05, 0) is 32.5 Å². The van der Waals surface area contributed by atoms with Gasteiger partial charge in [0, 0.05) is 23.5 Å². The Balaban J connectivity index is 2.27. The SMILES string of the molecule is CCNC(C)(C)CNCc1ccc(Cl)s1. The third-order valence-corrected chi connectivity index (χ3v) is 3.38. The number of thiophene rings is 1. The van der Waals surface area contributed by atoms with Gasteiger partial charge in [0.1, 0.15) is 0 Å². The molecule has 15 heavy (non-hydrogen) atoms. The highest BCUT2D eigenvalue weighted by Crippen LogP contribution is 2.21. The lowest BCUT2D eigenvalue weighted by atomic mass is 10.1. The van der Waals surface area contributed by atoms with Crippen LogP contribution in [0.1, 0.15) is 25.6 Å². The van der Waals surface area contributed by atoms with Gasteiger partial charge >= 0.3 is 0 Å². The summed E-state index contributed by atoms with van der Waals surface area (Å²) in [5.74, 6) is 0. The molecular formula is C11H19ClN2S. The van der Waals surface area contributed by atoms with Gasteiger partial charge in [-0.1, -0.05) is 18.5 Å². The van der Waals surface area contributed by atoms with E-state index in [0.29, 0.717) is 0 Å². The summed E-state index contributed by atoms with van der Waals surface area (Å²) in [6.07, 6.45) is 0. The first kappa shape index (κ1) is 13.0. The van der Waals surface area contributed by atoms with Gasteiger partial charge in [-0.15, -0.1) is 11.3 Å². The summed E-state index contributed by atoms with van der Waals surface area (Å²) >= 11 is 7.49. The van der Waals surface area contributed by atoms with Gasteiger partial charge in [-0.3, -0.25) is 0 Å². The Bertz CT molecular complexity index is 297. The molecule has 0 aliphatic carbocycles. The smallest absolute Gasteiger partial charge is 0.0931 e. The molecule has 4 heteroatoms. The van der Waals surface area contributed by atoms with E-state index in [1.807, 2.05) is 6.07 Å². The second-order valence-corrected chi connectivity index (χ2v) is 6.02. The van der Waals surface area contributed by atoms with E-state index < -0.39 is 0 Å². The van der Waals surface area contributed by atoms with Crippen LogP contribution in [0.5, 0.6) is 0 Å². The number of halogens is 1. The first-order chi connectivity index (χ1) is 7.03. The summed E-state index contributed by atoms with van der Waals surface area (Å²) in [5, 5.41) is 6.86. The molecule has 1 aromatic heterocycles. The predicted octanol–water partition coefficient (Wildman–Crippen LogP) is 2.88. The normalized spacial score (nSPS) is 12.0. The van der Waals surface area contributed by atoms with Gasteiger partial charge in [0.25, 0.3) is 0 Å². The first-order valence-corrected chi connectivity index (χ1v) is 6.43. The van der Waals surface area contributed by atoms with Crippen LogP contribution in [0.3, 0.4) is 0 Å². The molecule has 0 radical (unpaired) electrons. The van der Waals surface area contributed by atoms with E-state index in [0.717, 1.165) is 24.0 Å². The van der Waals surface area contributed by atoms with Crippen molar-refractivity contribution in [1.82, 2.24) is 10.6 Å².